The zero-order valence-electron chi connectivity index (χ0n) is 14.9. The highest BCUT2D eigenvalue weighted by molar-refractivity contribution is 14.0. The van der Waals surface area contributed by atoms with Crippen LogP contribution in [0.5, 0.6) is 11.5 Å². The lowest BCUT2D eigenvalue weighted by molar-refractivity contribution is 0.290. The zero-order valence-corrected chi connectivity index (χ0v) is 17.2. The highest BCUT2D eigenvalue weighted by Crippen LogP contribution is 2.28. The Morgan fingerprint density at radius 3 is 2.46 bits per heavy atom. The molecule has 0 unspecified atom stereocenters. The van der Waals surface area contributed by atoms with Gasteiger partial charge in [0.1, 0.15) is 0 Å². The van der Waals surface area contributed by atoms with Crippen LogP contribution in [0.25, 0.3) is 0 Å². The van der Waals surface area contributed by atoms with Crippen molar-refractivity contribution in [3.05, 3.63) is 23.8 Å². The van der Waals surface area contributed by atoms with Crippen molar-refractivity contribution in [2.45, 2.75) is 39.2 Å². The number of nitrogens with one attached hydrogen (secondary N) is 1. The number of aliphatic imine (C=N–C) groups is 1. The Kier molecular flexibility index (Phi) is 9.25. The summed E-state index contributed by atoms with van der Waals surface area (Å²) >= 11 is 0. The van der Waals surface area contributed by atoms with Crippen LogP contribution in [0.1, 0.15) is 38.2 Å². The van der Waals surface area contributed by atoms with Gasteiger partial charge in [0.05, 0.1) is 20.8 Å². The van der Waals surface area contributed by atoms with Gasteiger partial charge in [-0.1, -0.05) is 25.8 Å². The number of nitrogens with two attached hydrogens (primary N) is 1. The van der Waals surface area contributed by atoms with Crippen LogP contribution in [0.4, 0.5) is 0 Å². The second-order valence-corrected chi connectivity index (χ2v) is 6.40. The fraction of sp³-hybridized carbons (Fsp3) is 0.611. The molecule has 6 heteroatoms. The van der Waals surface area contributed by atoms with E-state index in [9.17, 15) is 0 Å². The van der Waals surface area contributed by atoms with Gasteiger partial charge in [-0.05, 0) is 42.4 Å². The molecule has 2 rings (SSSR count). The van der Waals surface area contributed by atoms with Crippen molar-refractivity contribution in [3.8, 4) is 11.5 Å². The molecule has 0 aliphatic heterocycles. The lowest BCUT2D eigenvalue weighted by Gasteiger charge is -2.26. The number of hydrogen-bond donors (Lipinski definition) is 2. The Morgan fingerprint density at radius 1 is 1.17 bits per heavy atom. The molecule has 0 saturated heterocycles. The van der Waals surface area contributed by atoms with Gasteiger partial charge < -0.3 is 20.5 Å². The van der Waals surface area contributed by atoms with Crippen LogP contribution in [-0.2, 0) is 6.54 Å². The number of nitrogens with zero attached hydrogens (tertiary/aromatic N) is 1. The van der Waals surface area contributed by atoms with Crippen LogP contribution >= 0.6 is 24.0 Å². The minimum absolute atomic E-state index is 0. The Balaban J connectivity index is 0.00000288. The molecule has 1 fully saturated rings. The largest absolute Gasteiger partial charge is 0.493 e. The van der Waals surface area contributed by atoms with Gasteiger partial charge in [-0.25, -0.2) is 4.99 Å². The third kappa shape index (κ3) is 6.37. The predicted octanol–water partition coefficient (Wildman–Crippen LogP) is 3.55. The molecule has 3 N–H and O–H groups in total. The summed E-state index contributed by atoms with van der Waals surface area (Å²) in [6, 6.07) is 5.79. The van der Waals surface area contributed by atoms with Crippen LogP contribution in [0, 0.1) is 11.8 Å². The van der Waals surface area contributed by atoms with Crippen LogP contribution in [0.15, 0.2) is 23.2 Å². The first kappa shape index (κ1) is 20.9. The number of halogens is 1. The second kappa shape index (κ2) is 10.6. The molecule has 1 aromatic carbocycles. The minimum Gasteiger partial charge on any atom is -0.493 e. The number of methoxy groups -OCH3 is 2. The molecular formula is C18H30IN3O2. The van der Waals surface area contributed by atoms with E-state index >= 15 is 0 Å². The lowest BCUT2D eigenvalue weighted by Crippen LogP contribution is -2.36. The van der Waals surface area contributed by atoms with Crippen molar-refractivity contribution in [2.75, 3.05) is 20.8 Å². The molecule has 0 heterocycles. The monoisotopic (exact) mass is 447 g/mol. The third-order valence-corrected chi connectivity index (χ3v) is 4.59. The van der Waals surface area contributed by atoms with E-state index in [0.29, 0.717) is 18.3 Å². The molecule has 0 atom stereocenters. The molecular weight excluding hydrogens is 417 g/mol. The maximum absolute atomic E-state index is 5.98. The molecule has 0 amide bonds. The van der Waals surface area contributed by atoms with E-state index in [-0.39, 0.29) is 24.0 Å². The molecule has 24 heavy (non-hydrogen) atoms. The summed E-state index contributed by atoms with van der Waals surface area (Å²) in [7, 11) is 3.26. The van der Waals surface area contributed by atoms with Crippen molar-refractivity contribution in [1.82, 2.24) is 5.32 Å². The predicted molar refractivity (Wildman–Crippen MR) is 109 cm³/mol. The van der Waals surface area contributed by atoms with Gasteiger partial charge >= 0.3 is 0 Å². The van der Waals surface area contributed by atoms with Crippen molar-refractivity contribution in [2.24, 2.45) is 22.6 Å². The van der Waals surface area contributed by atoms with Crippen LogP contribution in [0.3, 0.4) is 0 Å². The first-order valence-corrected chi connectivity index (χ1v) is 8.37. The maximum atomic E-state index is 5.98. The summed E-state index contributed by atoms with van der Waals surface area (Å²) in [5.74, 6) is 3.54. The average Bonchev–Trinajstić information content (AvgIpc) is 2.59. The summed E-state index contributed by atoms with van der Waals surface area (Å²) in [5, 5.41) is 3.26. The minimum atomic E-state index is 0. The van der Waals surface area contributed by atoms with E-state index in [1.807, 2.05) is 18.2 Å². The summed E-state index contributed by atoms with van der Waals surface area (Å²) < 4.78 is 10.5. The van der Waals surface area contributed by atoms with E-state index in [4.69, 9.17) is 15.2 Å². The first-order valence-electron chi connectivity index (χ1n) is 8.37. The Labute approximate surface area is 162 Å². The van der Waals surface area contributed by atoms with Gasteiger partial charge in [0.25, 0.3) is 0 Å². The molecule has 1 aliphatic carbocycles. The Hall–Kier alpha value is -1.18. The molecule has 1 aliphatic rings. The highest BCUT2D eigenvalue weighted by Gasteiger charge is 2.17. The topological polar surface area (TPSA) is 68.9 Å². The molecule has 1 aromatic rings. The molecule has 1 saturated carbocycles. The quantitative estimate of drug-likeness (QED) is 0.398. The van der Waals surface area contributed by atoms with E-state index in [1.54, 1.807) is 14.2 Å². The molecule has 0 radical (unpaired) electrons. The molecule has 0 spiro atoms. The molecule has 0 aromatic heterocycles. The van der Waals surface area contributed by atoms with Crippen LogP contribution in [-0.4, -0.2) is 26.7 Å². The Bertz CT molecular complexity index is 529. The average molecular weight is 447 g/mol. The lowest BCUT2D eigenvalue weighted by atomic mass is 9.83. The van der Waals surface area contributed by atoms with E-state index in [2.05, 4.69) is 17.2 Å². The molecule has 136 valence electrons. The zero-order chi connectivity index (χ0) is 16.7. The van der Waals surface area contributed by atoms with Gasteiger partial charge in [-0.3, -0.25) is 0 Å². The number of guanidine groups is 1. The van der Waals surface area contributed by atoms with Crippen LogP contribution < -0.4 is 20.5 Å². The fourth-order valence-corrected chi connectivity index (χ4v) is 2.99. The van der Waals surface area contributed by atoms with Crippen LogP contribution in [0.2, 0.25) is 0 Å². The summed E-state index contributed by atoms with van der Waals surface area (Å²) in [4.78, 5) is 4.41. The smallest absolute Gasteiger partial charge is 0.188 e. The molecule has 5 nitrogen and oxygen atoms in total. The number of ether oxygens (including phenoxy) is 2. The molecule has 0 bridgehead atoms. The van der Waals surface area contributed by atoms with Crippen molar-refractivity contribution in [3.63, 3.8) is 0 Å². The fourth-order valence-electron chi connectivity index (χ4n) is 2.99. The number of rotatable bonds is 6. The number of hydrogen-bond acceptors (Lipinski definition) is 3. The second-order valence-electron chi connectivity index (χ2n) is 6.40. The summed E-state index contributed by atoms with van der Waals surface area (Å²) in [5.41, 5.74) is 7.02. The van der Waals surface area contributed by atoms with Gasteiger partial charge in [-0.2, -0.15) is 0 Å². The van der Waals surface area contributed by atoms with E-state index in [0.717, 1.165) is 29.7 Å². The van der Waals surface area contributed by atoms with Gasteiger partial charge in [0.2, 0.25) is 0 Å². The van der Waals surface area contributed by atoms with Gasteiger partial charge in [0, 0.05) is 6.54 Å². The van der Waals surface area contributed by atoms with Gasteiger partial charge in [0.15, 0.2) is 17.5 Å². The summed E-state index contributed by atoms with van der Waals surface area (Å²) in [6.45, 7) is 3.79. The standard InChI is InChI=1S/C18H29N3O2.HI/c1-13-4-6-14(7-5-13)11-20-18(19)21-12-15-8-9-16(22-2)17(10-15)23-3;/h8-10,13-14H,4-7,11-12H2,1-3H3,(H3,19,20,21);1H. The highest BCUT2D eigenvalue weighted by atomic mass is 127. The van der Waals surface area contributed by atoms with Crippen molar-refractivity contribution in [1.29, 1.82) is 0 Å². The normalized spacial score (nSPS) is 20.9. The third-order valence-electron chi connectivity index (χ3n) is 4.59. The first-order chi connectivity index (χ1) is 11.1. The van der Waals surface area contributed by atoms with E-state index in [1.165, 1.54) is 25.7 Å². The SMILES string of the molecule is COc1ccc(CN=C(N)NCC2CCC(C)CC2)cc1OC.I. The van der Waals surface area contributed by atoms with Crippen molar-refractivity contribution < 1.29 is 9.47 Å². The Morgan fingerprint density at radius 2 is 1.83 bits per heavy atom. The van der Waals surface area contributed by atoms with E-state index < -0.39 is 0 Å². The maximum Gasteiger partial charge on any atom is 0.188 e. The van der Waals surface area contributed by atoms with Crippen molar-refractivity contribution >= 4 is 29.9 Å². The number of benzene rings is 1. The van der Waals surface area contributed by atoms with Gasteiger partial charge in [-0.15, -0.1) is 24.0 Å². The summed E-state index contributed by atoms with van der Waals surface area (Å²) in [6.07, 6.45) is 5.23.